The molecule has 2 fully saturated rings. The molecule has 2 saturated heterocycles. The number of benzene rings is 4. The van der Waals surface area contributed by atoms with Crippen LogP contribution in [0.25, 0.3) is 0 Å². The van der Waals surface area contributed by atoms with Crippen LogP contribution in [0.5, 0.6) is 0 Å². The number of carbonyl (C=O) groups is 2. The lowest BCUT2D eigenvalue weighted by Crippen LogP contribution is -2.42. The maximum Gasteiger partial charge on any atom is 0.325 e. The van der Waals surface area contributed by atoms with Gasteiger partial charge in [-0.2, -0.15) is 0 Å². The third-order valence-corrected chi connectivity index (χ3v) is 9.17. The van der Waals surface area contributed by atoms with E-state index in [1.54, 1.807) is 0 Å². The summed E-state index contributed by atoms with van der Waals surface area (Å²) in [7, 11) is 0. The maximum atomic E-state index is 12.2. The summed E-state index contributed by atoms with van der Waals surface area (Å²) in [5, 5.41) is 9.74. The number of ether oxygens (including phenoxy) is 2. The number of piperidine rings is 2. The van der Waals surface area contributed by atoms with Gasteiger partial charge in [0.05, 0.1) is 5.75 Å². The van der Waals surface area contributed by atoms with Gasteiger partial charge in [-0.15, -0.1) is 11.8 Å². The van der Waals surface area contributed by atoms with Crippen molar-refractivity contribution in [2.24, 2.45) is 0 Å². The van der Waals surface area contributed by atoms with Gasteiger partial charge in [-0.05, 0) is 61.3 Å². The molecule has 3 N–H and O–H groups in total. The second-order valence-electron chi connectivity index (χ2n) is 11.4. The van der Waals surface area contributed by atoms with Crippen LogP contribution in [0.15, 0.2) is 126 Å². The molecule has 240 valence electrons. The van der Waals surface area contributed by atoms with E-state index in [-0.39, 0.29) is 42.5 Å². The van der Waals surface area contributed by atoms with E-state index in [2.05, 4.69) is 40.2 Å². The largest absolute Gasteiger partial charge is 0.460 e. The molecule has 2 aliphatic heterocycles. The van der Waals surface area contributed by atoms with E-state index in [1.807, 2.05) is 97.1 Å². The molecule has 8 heteroatoms. The predicted octanol–water partition coefficient (Wildman–Crippen LogP) is 6.26. The first kappa shape index (κ1) is 33.3. The first-order chi connectivity index (χ1) is 22.7. The second kappa shape index (κ2) is 18.1. The van der Waals surface area contributed by atoms with Crippen LogP contribution in [0.4, 0.5) is 5.69 Å². The highest BCUT2D eigenvalue weighted by Gasteiger charge is 2.30. The van der Waals surface area contributed by atoms with Gasteiger partial charge < -0.3 is 25.4 Å². The summed E-state index contributed by atoms with van der Waals surface area (Å²) in [5.41, 5.74) is 3.41. The zero-order valence-electron chi connectivity index (χ0n) is 26.1. The van der Waals surface area contributed by atoms with E-state index in [0.29, 0.717) is 12.3 Å². The van der Waals surface area contributed by atoms with E-state index in [1.165, 1.54) is 22.9 Å². The highest BCUT2D eigenvalue weighted by molar-refractivity contribution is 8.00. The van der Waals surface area contributed by atoms with Crippen LogP contribution >= 0.6 is 11.8 Å². The summed E-state index contributed by atoms with van der Waals surface area (Å²) in [6.07, 6.45) is 1.77. The van der Waals surface area contributed by atoms with Gasteiger partial charge in [-0.1, -0.05) is 97.1 Å². The third-order valence-electron chi connectivity index (χ3n) is 8.18. The molecule has 2 aliphatic rings. The molecule has 0 aromatic heterocycles. The Morgan fingerprint density at radius 2 is 1.09 bits per heavy atom. The molecule has 6 rings (SSSR count). The molecule has 4 atom stereocenters. The third kappa shape index (κ3) is 10.5. The van der Waals surface area contributed by atoms with E-state index in [4.69, 9.17) is 9.47 Å². The van der Waals surface area contributed by atoms with Crippen LogP contribution in [0.3, 0.4) is 0 Å². The fourth-order valence-electron chi connectivity index (χ4n) is 5.87. The number of anilines is 1. The first-order valence-electron chi connectivity index (χ1n) is 16.0. The molecule has 0 radical (unpaired) electrons. The lowest BCUT2D eigenvalue weighted by Gasteiger charge is -2.32. The number of thioether (sulfide) groups is 1. The van der Waals surface area contributed by atoms with Crippen molar-refractivity contribution in [1.82, 2.24) is 10.6 Å². The van der Waals surface area contributed by atoms with Gasteiger partial charge in [0.2, 0.25) is 0 Å². The Kier molecular flexibility index (Phi) is 13.1. The quantitative estimate of drug-likeness (QED) is 0.139. The zero-order chi connectivity index (χ0) is 31.8. The van der Waals surface area contributed by atoms with E-state index >= 15 is 0 Å². The van der Waals surface area contributed by atoms with Crippen LogP contribution in [-0.4, -0.2) is 62.6 Å². The van der Waals surface area contributed by atoms with Crippen molar-refractivity contribution in [3.05, 3.63) is 132 Å². The van der Waals surface area contributed by atoms with Gasteiger partial charge in [0, 0.05) is 35.5 Å². The normalized spacial score (nSPS) is 20.8. The average molecular weight is 638 g/mol. The summed E-state index contributed by atoms with van der Waals surface area (Å²) in [6.45, 7) is 3.53. The van der Waals surface area contributed by atoms with Crippen LogP contribution in [0, 0.1) is 0 Å². The van der Waals surface area contributed by atoms with Crippen molar-refractivity contribution < 1.29 is 19.1 Å². The molecular weight excluding hydrogens is 595 g/mol. The number of rotatable bonds is 10. The highest BCUT2D eigenvalue weighted by atomic mass is 32.2. The van der Waals surface area contributed by atoms with Gasteiger partial charge in [-0.25, -0.2) is 0 Å². The molecule has 0 spiro atoms. The Bertz CT molecular complexity index is 1350. The summed E-state index contributed by atoms with van der Waals surface area (Å²) in [4.78, 5) is 25.4. The summed E-state index contributed by atoms with van der Waals surface area (Å²) in [5.74, 6) is 0.528. The fraction of sp³-hybridized carbons (Fsp3) is 0.316. The summed E-state index contributed by atoms with van der Waals surface area (Å²) >= 11 is 1.52. The predicted molar refractivity (Wildman–Crippen MR) is 185 cm³/mol. The molecule has 2 heterocycles. The fourth-order valence-corrected chi connectivity index (χ4v) is 6.58. The Hall–Kier alpha value is -4.11. The number of hydrogen-bond acceptors (Lipinski definition) is 8. The molecule has 0 bridgehead atoms. The molecule has 4 unspecified atom stereocenters. The standard InChI is InChI=1S/C19H22N2O2.C19H21NO2S/c22-19(14-21-16-9-5-2-6-10-16)23-18-13-20-12-11-17(18)15-7-3-1-4-8-15;21-19(14-23-16-9-5-2-6-10-16)22-18-13-20-12-11-17(18)15-7-3-1-4-8-15/h1-10,17-18,20-21H,11-14H2;1-10,17-18,20H,11-14H2. The highest BCUT2D eigenvalue weighted by Crippen LogP contribution is 2.29. The number of esters is 2. The van der Waals surface area contributed by atoms with Crippen molar-refractivity contribution >= 4 is 29.4 Å². The van der Waals surface area contributed by atoms with E-state index in [9.17, 15) is 9.59 Å². The van der Waals surface area contributed by atoms with E-state index in [0.717, 1.165) is 43.1 Å². The molecule has 0 saturated carbocycles. The van der Waals surface area contributed by atoms with Gasteiger partial charge >= 0.3 is 11.9 Å². The minimum atomic E-state index is -0.219. The summed E-state index contributed by atoms with van der Waals surface area (Å²) in [6, 6.07) is 40.3. The Morgan fingerprint density at radius 3 is 1.61 bits per heavy atom. The number of hydrogen-bond donors (Lipinski definition) is 3. The SMILES string of the molecule is O=C(CNc1ccccc1)OC1CNCCC1c1ccccc1.O=C(CSc1ccccc1)OC1CNCCC1c1ccccc1. The van der Waals surface area contributed by atoms with Crippen molar-refractivity contribution in [2.45, 2.75) is 41.8 Å². The number of carbonyl (C=O) groups excluding carboxylic acids is 2. The number of nitrogens with one attached hydrogen (secondary N) is 3. The molecule has 46 heavy (non-hydrogen) atoms. The van der Waals surface area contributed by atoms with Crippen molar-refractivity contribution in [3.8, 4) is 0 Å². The average Bonchev–Trinajstić information content (AvgIpc) is 3.12. The van der Waals surface area contributed by atoms with Gasteiger partial charge in [-0.3, -0.25) is 9.59 Å². The van der Waals surface area contributed by atoms with Gasteiger partial charge in [0.1, 0.15) is 18.8 Å². The van der Waals surface area contributed by atoms with Crippen LogP contribution in [0.2, 0.25) is 0 Å². The van der Waals surface area contributed by atoms with E-state index < -0.39 is 0 Å². The molecular formula is C38H43N3O4S. The monoisotopic (exact) mass is 637 g/mol. The smallest absolute Gasteiger partial charge is 0.325 e. The van der Waals surface area contributed by atoms with Crippen LogP contribution in [0.1, 0.15) is 35.8 Å². The van der Waals surface area contributed by atoms with Crippen molar-refractivity contribution in [2.75, 3.05) is 43.8 Å². The lowest BCUT2D eigenvalue weighted by molar-refractivity contribution is -0.149. The Balaban J connectivity index is 0.000000181. The van der Waals surface area contributed by atoms with Crippen LogP contribution < -0.4 is 16.0 Å². The van der Waals surface area contributed by atoms with Crippen LogP contribution in [-0.2, 0) is 19.1 Å². The molecule has 7 nitrogen and oxygen atoms in total. The first-order valence-corrected chi connectivity index (χ1v) is 17.0. The molecule has 4 aromatic carbocycles. The summed E-state index contributed by atoms with van der Waals surface area (Å²) < 4.78 is 11.5. The Labute approximate surface area is 276 Å². The zero-order valence-corrected chi connectivity index (χ0v) is 26.9. The van der Waals surface area contributed by atoms with Gasteiger partial charge in [0.25, 0.3) is 0 Å². The maximum absolute atomic E-state index is 12.2. The lowest BCUT2D eigenvalue weighted by atomic mass is 9.88. The van der Waals surface area contributed by atoms with Crippen molar-refractivity contribution in [3.63, 3.8) is 0 Å². The molecule has 4 aromatic rings. The number of para-hydroxylation sites is 1. The Morgan fingerprint density at radius 1 is 0.630 bits per heavy atom. The molecule has 0 aliphatic carbocycles. The topological polar surface area (TPSA) is 88.7 Å². The van der Waals surface area contributed by atoms with Gasteiger partial charge in [0.15, 0.2) is 0 Å². The minimum Gasteiger partial charge on any atom is -0.460 e. The molecule has 0 amide bonds. The second-order valence-corrected chi connectivity index (χ2v) is 12.4. The minimum absolute atomic E-state index is 0.0879. The van der Waals surface area contributed by atoms with Crippen molar-refractivity contribution in [1.29, 1.82) is 0 Å².